The lowest BCUT2D eigenvalue weighted by Gasteiger charge is -2.26. The molecule has 1 aliphatic rings. The van der Waals surface area contributed by atoms with E-state index >= 15 is 0 Å². The van der Waals surface area contributed by atoms with Crippen LogP contribution in [0.3, 0.4) is 0 Å². The first-order valence-corrected chi connectivity index (χ1v) is 17.4. The molecule has 0 saturated carbocycles. The summed E-state index contributed by atoms with van der Waals surface area (Å²) in [6.07, 6.45) is 3.70. The van der Waals surface area contributed by atoms with Gasteiger partial charge in [-0.3, -0.25) is 19.3 Å². The minimum absolute atomic E-state index is 0.00438. The molecule has 3 N–H and O–H groups in total. The molecular formula is C38H33N5O4S2. The molecule has 5 aromatic rings. The van der Waals surface area contributed by atoms with Crippen LogP contribution in [-0.2, 0) is 29.1 Å². The summed E-state index contributed by atoms with van der Waals surface area (Å²) in [6, 6.07) is 31.7. The number of amides is 3. The topological polar surface area (TPSA) is 127 Å². The van der Waals surface area contributed by atoms with E-state index in [9.17, 15) is 19.6 Å². The van der Waals surface area contributed by atoms with E-state index in [0.29, 0.717) is 27.6 Å². The van der Waals surface area contributed by atoms with Crippen molar-refractivity contribution in [1.82, 2.24) is 10.2 Å². The number of carbonyl (C=O) groups excluding carboxylic acids is 3. The highest BCUT2D eigenvalue weighted by Gasteiger charge is 2.26. The molecule has 246 valence electrons. The summed E-state index contributed by atoms with van der Waals surface area (Å²) in [6.45, 7) is 4.21. The molecule has 3 amide bonds. The van der Waals surface area contributed by atoms with Crippen LogP contribution in [0.2, 0.25) is 0 Å². The van der Waals surface area contributed by atoms with Crippen molar-refractivity contribution in [3.05, 3.63) is 142 Å². The van der Waals surface area contributed by atoms with Gasteiger partial charge in [0.25, 0.3) is 11.8 Å². The van der Waals surface area contributed by atoms with Gasteiger partial charge < -0.3 is 20.4 Å². The summed E-state index contributed by atoms with van der Waals surface area (Å²) in [5.74, 6) is -0.795. The number of nitriles is 1. The van der Waals surface area contributed by atoms with Crippen molar-refractivity contribution in [2.75, 3.05) is 17.2 Å². The van der Waals surface area contributed by atoms with E-state index in [-0.39, 0.29) is 11.6 Å². The fourth-order valence-electron chi connectivity index (χ4n) is 5.41. The van der Waals surface area contributed by atoms with Crippen LogP contribution in [0.15, 0.2) is 118 Å². The number of nitrogens with zero attached hydrogens (tertiary/aromatic N) is 2. The lowest BCUT2D eigenvalue weighted by Crippen LogP contribution is -2.30. The van der Waals surface area contributed by atoms with Gasteiger partial charge in [0.05, 0.1) is 17.1 Å². The molecule has 0 radical (unpaired) electrons. The SMILES string of the molecule is CC(Sc1cccc(NC(=O)/C(=C/c2ccco2)NC(=O)c2ccccc2)c1)C(=O)Nc1sc2c(c1C#N)CCN(Cc1ccccc1)C2. The highest BCUT2D eigenvalue weighted by Crippen LogP contribution is 2.37. The molecule has 3 aromatic carbocycles. The number of fused-ring (bicyclic) bond motifs is 1. The third kappa shape index (κ3) is 8.55. The summed E-state index contributed by atoms with van der Waals surface area (Å²) in [5.41, 5.74) is 3.71. The van der Waals surface area contributed by atoms with E-state index in [4.69, 9.17) is 4.42 Å². The number of carbonyl (C=O) groups is 3. The zero-order valence-electron chi connectivity index (χ0n) is 26.6. The van der Waals surface area contributed by atoms with Gasteiger partial charge in [-0.1, -0.05) is 54.6 Å². The van der Waals surface area contributed by atoms with Gasteiger partial charge in [-0.15, -0.1) is 23.1 Å². The van der Waals surface area contributed by atoms with Crippen molar-refractivity contribution in [2.24, 2.45) is 0 Å². The van der Waals surface area contributed by atoms with Gasteiger partial charge in [0, 0.05) is 46.7 Å². The monoisotopic (exact) mass is 687 g/mol. The van der Waals surface area contributed by atoms with E-state index in [1.54, 1.807) is 67.6 Å². The zero-order chi connectivity index (χ0) is 34.2. The Balaban J connectivity index is 1.09. The summed E-state index contributed by atoms with van der Waals surface area (Å²) in [5, 5.41) is 18.6. The molecule has 3 heterocycles. The van der Waals surface area contributed by atoms with Crippen LogP contribution < -0.4 is 16.0 Å². The van der Waals surface area contributed by atoms with Crippen LogP contribution >= 0.6 is 23.1 Å². The number of nitrogens with one attached hydrogen (secondary N) is 3. The van der Waals surface area contributed by atoms with E-state index in [1.165, 1.54) is 41.0 Å². The second-order valence-electron chi connectivity index (χ2n) is 11.4. The Bertz CT molecular complexity index is 2020. The predicted molar refractivity (Wildman–Crippen MR) is 193 cm³/mol. The van der Waals surface area contributed by atoms with Crippen molar-refractivity contribution in [1.29, 1.82) is 5.26 Å². The number of hydrogen-bond acceptors (Lipinski definition) is 8. The zero-order valence-corrected chi connectivity index (χ0v) is 28.3. The minimum Gasteiger partial charge on any atom is -0.465 e. The van der Waals surface area contributed by atoms with Crippen LogP contribution in [0.1, 0.15) is 44.6 Å². The van der Waals surface area contributed by atoms with Gasteiger partial charge in [-0.25, -0.2) is 0 Å². The highest BCUT2D eigenvalue weighted by molar-refractivity contribution is 8.00. The number of anilines is 2. The number of thiophene rings is 1. The summed E-state index contributed by atoms with van der Waals surface area (Å²) >= 11 is 2.81. The van der Waals surface area contributed by atoms with Crippen molar-refractivity contribution in [3.63, 3.8) is 0 Å². The van der Waals surface area contributed by atoms with Crippen LogP contribution in [0, 0.1) is 11.3 Å². The molecule has 0 spiro atoms. The number of benzene rings is 3. The fourth-order valence-corrected chi connectivity index (χ4v) is 7.58. The summed E-state index contributed by atoms with van der Waals surface area (Å²) in [4.78, 5) is 43.8. The van der Waals surface area contributed by atoms with Gasteiger partial charge in [0.15, 0.2) is 0 Å². The largest absolute Gasteiger partial charge is 0.465 e. The van der Waals surface area contributed by atoms with E-state index in [1.807, 2.05) is 24.3 Å². The maximum atomic E-state index is 13.4. The number of hydrogen-bond donors (Lipinski definition) is 3. The molecule has 1 atom stereocenters. The van der Waals surface area contributed by atoms with Gasteiger partial charge in [-0.05, 0) is 66.9 Å². The van der Waals surface area contributed by atoms with Crippen LogP contribution in [0.4, 0.5) is 10.7 Å². The first-order chi connectivity index (χ1) is 23.9. The molecule has 0 fully saturated rings. The lowest BCUT2D eigenvalue weighted by molar-refractivity contribution is -0.115. The van der Waals surface area contributed by atoms with E-state index in [2.05, 4.69) is 39.1 Å². The van der Waals surface area contributed by atoms with Crippen molar-refractivity contribution >= 4 is 57.6 Å². The third-order valence-electron chi connectivity index (χ3n) is 7.87. The fraction of sp³-hybridized carbons (Fsp3) is 0.158. The smallest absolute Gasteiger partial charge is 0.272 e. The molecule has 1 unspecified atom stereocenters. The first kappa shape index (κ1) is 33.5. The second kappa shape index (κ2) is 15.7. The Labute approximate surface area is 292 Å². The van der Waals surface area contributed by atoms with Crippen LogP contribution in [-0.4, -0.2) is 34.4 Å². The van der Waals surface area contributed by atoms with Crippen molar-refractivity contribution in [3.8, 4) is 6.07 Å². The van der Waals surface area contributed by atoms with Gasteiger partial charge >= 0.3 is 0 Å². The van der Waals surface area contributed by atoms with Crippen LogP contribution in [0.5, 0.6) is 0 Å². The molecule has 11 heteroatoms. The quantitative estimate of drug-likeness (QED) is 0.0983. The molecule has 2 aromatic heterocycles. The van der Waals surface area contributed by atoms with Gasteiger partial charge in [0.2, 0.25) is 5.91 Å². The Morgan fingerprint density at radius 2 is 1.78 bits per heavy atom. The lowest BCUT2D eigenvalue weighted by atomic mass is 10.0. The normalized spacial score (nSPS) is 13.5. The molecule has 0 saturated heterocycles. The standard InChI is InChI=1S/C38H33N5O4S2/c1-25(35(44)42-38-32(22-39)31-17-18-43(24-34(31)49-38)23-26-10-4-2-5-11-26)48-30-16-8-14-28(20-30)40-37(46)33(21-29-15-9-19-47-29)41-36(45)27-12-6-3-7-13-27/h2-16,19-21,25H,17-18,23-24H2,1H3,(H,40,46)(H,41,45)(H,42,44)/b33-21-. The van der Waals surface area contributed by atoms with Crippen LogP contribution in [0.25, 0.3) is 6.08 Å². The average molecular weight is 688 g/mol. The van der Waals surface area contributed by atoms with Crippen molar-refractivity contribution in [2.45, 2.75) is 36.6 Å². The number of furan rings is 1. The minimum atomic E-state index is -0.540. The Morgan fingerprint density at radius 1 is 1.00 bits per heavy atom. The number of rotatable bonds is 11. The maximum Gasteiger partial charge on any atom is 0.272 e. The van der Waals surface area contributed by atoms with Crippen molar-refractivity contribution < 1.29 is 18.8 Å². The Hall–Kier alpha value is -5.41. The van der Waals surface area contributed by atoms with E-state index < -0.39 is 17.1 Å². The average Bonchev–Trinajstić information content (AvgIpc) is 3.75. The maximum absolute atomic E-state index is 13.4. The van der Waals surface area contributed by atoms with Gasteiger partial charge in [-0.2, -0.15) is 5.26 Å². The second-order valence-corrected chi connectivity index (χ2v) is 13.9. The predicted octanol–water partition coefficient (Wildman–Crippen LogP) is 7.30. The summed E-state index contributed by atoms with van der Waals surface area (Å²) < 4.78 is 5.38. The first-order valence-electron chi connectivity index (χ1n) is 15.7. The molecule has 0 aliphatic carbocycles. The Morgan fingerprint density at radius 3 is 2.51 bits per heavy atom. The molecule has 49 heavy (non-hydrogen) atoms. The summed E-state index contributed by atoms with van der Waals surface area (Å²) in [7, 11) is 0. The van der Waals surface area contributed by atoms with Gasteiger partial charge in [0.1, 0.15) is 22.5 Å². The third-order valence-corrected chi connectivity index (χ3v) is 10.1. The molecule has 6 rings (SSSR count). The molecule has 1 aliphatic heterocycles. The highest BCUT2D eigenvalue weighted by atomic mass is 32.2. The molecule has 9 nitrogen and oxygen atoms in total. The molecule has 0 bridgehead atoms. The number of thioether (sulfide) groups is 1. The van der Waals surface area contributed by atoms with E-state index in [0.717, 1.165) is 41.4 Å². The molecular weight excluding hydrogens is 655 g/mol. The Kier molecular flexibility index (Phi) is 10.7.